The number of carbonyl (C=O) groups excluding carboxylic acids is 1. The van der Waals surface area contributed by atoms with Crippen LogP contribution in [0.4, 0.5) is 0 Å². The molecular formula is C16H20N2O4S. The monoisotopic (exact) mass is 336 g/mol. The highest BCUT2D eigenvalue weighted by Crippen LogP contribution is 2.22. The molecule has 2 aromatic carbocycles. The Morgan fingerprint density at radius 1 is 0.913 bits per heavy atom. The molecule has 5 N–H and O–H groups in total. The molecule has 0 radical (unpaired) electrons. The summed E-state index contributed by atoms with van der Waals surface area (Å²) in [5, 5.41) is 0. The predicted octanol–water partition coefficient (Wildman–Crippen LogP) is 1.30. The van der Waals surface area contributed by atoms with Gasteiger partial charge < -0.3 is 11.2 Å². The topological polar surface area (TPSA) is 121 Å². The summed E-state index contributed by atoms with van der Waals surface area (Å²) in [4.78, 5) is 11.0. The van der Waals surface area contributed by atoms with Gasteiger partial charge in [-0.15, -0.1) is 0 Å². The van der Waals surface area contributed by atoms with Crippen LogP contribution in [0, 0.1) is 0 Å². The standard InChI is InChI=1S/C9H8N2O3S.C6H6.CH4.H2O/c10-9(12)7-5-6-3-1-2-4-8(6)15(13,14)11-7;1-2-4-6-5-3-1;;/h1-5,11H,(H2,10,12);1-6H;1H4;1H2. The van der Waals surface area contributed by atoms with E-state index in [9.17, 15) is 13.2 Å². The summed E-state index contributed by atoms with van der Waals surface area (Å²) in [6, 6.07) is 18.4. The first-order valence-electron chi connectivity index (χ1n) is 6.14. The smallest absolute Gasteiger partial charge is 0.265 e. The van der Waals surface area contributed by atoms with E-state index in [-0.39, 0.29) is 23.5 Å². The summed E-state index contributed by atoms with van der Waals surface area (Å²) in [5.41, 5.74) is 5.36. The molecule has 6 nitrogen and oxygen atoms in total. The second kappa shape index (κ2) is 8.72. The number of primary amides is 1. The third-order valence-corrected chi connectivity index (χ3v) is 4.12. The van der Waals surface area contributed by atoms with E-state index in [1.165, 1.54) is 12.1 Å². The highest BCUT2D eigenvalue weighted by Gasteiger charge is 2.25. The molecule has 0 fully saturated rings. The van der Waals surface area contributed by atoms with Gasteiger partial charge in [-0.3, -0.25) is 9.52 Å². The summed E-state index contributed by atoms with van der Waals surface area (Å²) >= 11 is 0. The number of amides is 1. The highest BCUT2D eigenvalue weighted by molar-refractivity contribution is 7.89. The first kappa shape index (κ1) is 20.4. The van der Waals surface area contributed by atoms with Crippen molar-refractivity contribution in [2.45, 2.75) is 12.3 Å². The SMILES string of the molecule is C.NC(=O)C1=Cc2ccccc2S(=O)(=O)N1.O.c1ccccc1. The minimum atomic E-state index is -3.66. The fourth-order valence-electron chi connectivity index (χ4n) is 1.74. The van der Waals surface area contributed by atoms with Gasteiger partial charge in [-0.1, -0.05) is 62.0 Å². The predicted molar refractivity (Wildman–Crippen MR) is 90.7 cm³/mol. The molecule has 0 saturated carbocycles. The second-order valence-electron chi connectivity index (χ2n) is 4.22. The second-order valence-corrected chi connectivity index (χ2v) is 5.87. The lowest BCUT2D eigenvalue weighted by atomic mass is 10.2. The van der Waals surface area contributed by atoms with Gasteiger partial charge in [0.15, 0.2) is 0 Å². The molecule has 1 amide bonds. The van der Waals surface area contributed by atoms with Crippen LogP contribution in [-0.4, -0.2) is 19.8 Å². The lowest BCUT2D eigenvalue weighted by Gasteiger charge is -2.16. The van der Waals surface area contributed by atoms with Gasteiger partial charge in [0, 0.05) is 0 Å². The van der Waals surface area contributed by atoms with Gasteiger partial charge in [-0.05, 0) is 17.7 Å². The van der Waals surface area contributed by atoms with E-state index in [0.29, 0.717) is 5.56 Å². The molecule has 0 spiro atoms. The maximum atomic E-state index is 11.6. The number of carbonyl (C=O) groups is 1. The van der Waals surface area contributed by atoms with Crippen molar-refractivity contribution < 1.29 is 18.7 Å². The van der Waals surface area contributed by atoms with Crippen molar-refractivity contribution in [3.05, 3.63) is 71.9 Å². The van der Waals surface area contributed by atoms with Crippen LogP contribution in [-0.2, 0) is 14.8 Å². The average Bonchev–Trinajstić information content (AvgIpc) is 2.49. The minimum Gasteiger partial charge on any atom is -0.412 e. The van der Waals surface area contributed by atoms with Crippen molar-refractivity contribution in [2.24, 2.45) is 5.73 Å². The molecule has 1 aliphatic rings. The van der Waals surface area contributed by atoms with Crippen molar-refractivity contribution in [3.8, 4) is 0 Å². The van der Waals surface area contributed by atoms with Crippen molar-refractivity contribution >= 4 is 22.0 Å². The molecule has 0 bridgehead atoms. The molecular weight excluding hydrogens is 316 g/mol. The van der Waals surface area contributed by atoms with Gasteiger partial charge in [-0.2, -0.15) is 0 Å². The van der Waals surface area contributed by atoms with Crippen LogP contribution in [0.1, 0.15) is 13.0 Å². The molecule has 124 valence electrons. The molecule has 0 aromatic heterocycles. The summed E-state index contributed by atoms with van der Waals surface area (Å²) in [6.07, 6.45) is 1.42. The van der Waals surface area contributed by atoms with Crippen LogP contribution in [0.3, 0.4) is 0 Å². The number of nitrogens with one attached hydrogen (secondary N) is 1. The van der Waals surface area contributed by atoms with Gasteiger partial charge in [0.25, 0.3) is 15.9 Å². The van der Waals surface area contributed by atoms with E-state index in [1.54, 1.807) is 18.2 Å². The summed E-state index contributed by atoms with van der Waals surface area (Å²) < 4.78 is 25.4. The van der Waals surface area contributed by atoms with Crippen LogP contribution in [0.15, 0.2) is 71.3 Å². The van der Waals surface area contributed by atoms with Gasteiger partial charge in [-0.25, -0.2) is 8.42 Å². The lowest BCUT2D eigenvalue weighted by molar-refractivity contribution is -0.114. The van der Waals surface area contributed by atoms with Crippen LogP contribution in [0.25, 0.3) is 6.08 Å². The average molecular weight is 336 g/mol. The van der Waals surface area contributed by atoms with Crippen LogP contribution in [0.5, 0.6) is 0 Å². The summed E-state index contributed by atoms with van der Waals surface area (Å²) in [6.45, 7) is 0. The van der Waals surface area contributed by atoms with E-state index in [0.717, 1.165) is 0 Å². The van der Waals surface area contributed by atoms with E-state index in [4.69, 9.17) is 5.73 Å². The normalized spacial score (nSPS) is 13.3. The molecule has 3 rings (SSSR count). The highest BCUT2D eigenvalue weighted by atomic mass is 32.2. The fourth-order valence-corrected chi connectivity index (χ4v) is 2.99. The number of benzene rings is 2. The van der Waals surface area contributed by atoms with Crippen molar-refractivity contribution in [1.29, 1.82) is 0 Å². The molecule has 0 saturated heterocycles. The molecule has 0 atom stereocenters. The van der Waals surface area contributed by atoms with Crippen molar-refractivity contribution in [2.75, 3.05) is 0 Å². The zero-order valence-corrected chi connectivity index (χ0v) is 12.4. The number of fused-ring (bicyclic) bond motifs is 1. The fraction of sp³-hybridized carbons (Fsp3) is 0.0625. The molecule has 1 heterocycles. The molecule has 2 aromatic rings. The lowest BCUT2D eigenvalue weighted by Crippen LogP contribution is -2.33. The Morgan fingerprint density at radius 3 is 1.87 bits per heavy atom. The quantitative estimate of drug-likeness (QED) is 0.816. The van der Waals surface area contributed by atoms with Gasteiger partial charge >= 0.3 is 0 Å². The van der Waals surface area contributed by atoms with E-state index < -0.39 is 15.9 Å². The van der Waals surface area contributed by atoms with Gasteiger partial charge in [0.05, 0.1) is 4.90 Å². The van der Waals surface area contributed by atoms with Crippen molar-refractivity contribution in [3.63, 3.8) is 0 Å². The Balaban J connectivity index is 0.000000518. The van der Waals surface area contributed by atoms with Crippen LogP contribution >= 0.6 is 0 Å². The molecule has 23 heavy (non-hydrogen) atoms. The Hall–Kier alpha value is -2.64. The molecule has 0 aliphatic carbocycles. The number of nitrogens with two attached hydrogens (primary N) is 1. The zero-order chi connectivity index (χ0) is 15.3. The van der Waals surface area contributed by atoms with Gasteiger partial charge in [0.2, 0.25) is 0 Å². The van der Waals surface area contributed by atoms with Gasteiger partial charge in [0.1, 0.15) is 5.70 Å². The number of hydrogen-bond acceptors (Lipinski definition) is 3. The Bertz CT molecular complexity index is 745. The van der Waals surface area contributed by atoms with Crippen molar-refractivity contribution in [1.82, 2.24) is 4.72 Å². The van der Waals surface area contributed by atoms with Crippen LogP contribution < -0.4 is 10.5 Å². The number of hydrogen-bond donors (Lipinski definition) is 2. The van der Waals surface area contributed by atoms with E-state index >= 15 is 0 Å². The van der Waals surface area contributed by atoms with E-state index in [2.05, 4.69) is 4.72 Å². The molecule has 1 aliphatic heterocycles. The first-order chi connectivity index (χ1) is 10.0. The zero-order valence-electron chi connectivity index (χ0n) is 11.6. The maximum Gasteiger partial charge on any atom is 0.265 e. The third-order valence-electron chi connectivity index (χ3n) is 2.68. The Morgan fingerprint density at radius 2 is 1.39 bits per heavy atom. The Kier molecular flexibility index (Phi) is 7.72. The largest absolute Gasteiger partial charge is 0.412 e. The molecule has 0 unspecified atom stereocenters. The number of rotatable bonds is 1. The Labute approximate surface area is 136 Å². The van der Waals surface area contributed by atoms with Crippen LogP contribution in [0.2, 0.25) is 0 Å². The summed E-state index contributed by atoms with van der Waals surface area (Å²) in [5.74, 6) is -0.798. The minimum absolute atomic E-state index is 0. The third kappa shape index (κ3) is 5.24. The molecule has 7 heteroatoms. The first-order valence-corrected chi connectivity index (χ1v) is 7.62. The van der Waals surface area contributed by atoms with E-state index in [1.807, 2.05) is 36.4 Å². The summed E-state index contributed by atoms with van der Waals surface area (Å²) in [7, 11) is -3.66. The number of sulfonamides is 1. The maximum absolute atomic E-state index is 11.6.